The Morgan fingerprint density at radius 1 is 1.33 bits per heavy atom. The summed E-state index contributed by atoms with van der Waals surface area (Å²) in [5, 5.41) is 7.37. The number of rotatable bonds is 5. The van der Waals surface area contributed by atoms with E-state index in [2.05, 4.69) is 32.4 Å². The highest BCUT2D eigenvalue weighted by Gasteiger charge is 2.19. The van der Waals surface area contributed by atoms with E-state index in [9.17, 15) is 0 Å². The lowest BCUT2D eigenvalue weighted by Gasteiger charge is -2.32. The summed E-state index contributed by atoms with van der Waals surface area (Å²) in [6, 6.07) is 9.48. The van der Waals surface area contributed by atoms with Gasteiger partial charge in [-0.05, 0) is 48.7 Å². The maximum Gasteiger partial charge on any atom is 0.234 e. The van der Waals surface area contributed by atoms with Crippen LogP contribution in [-0.4, -0.2) is 35.3 Å². The standard InChI is InChI=1S/C19H24ClN5OS/c1-13-4-3-9-25(12-13)16-10-17(26-2)23-18(22-16)24-19(27)21-11-14-5-7-15(20)8-6-14/h5-8,10,13H,3-4,9,11-12H2,1-2H3,(H2,21,22,23,24,27). The maximum atomic E-state index is 5.91. The van der Waals surface area contributed by atoms with E-state index >= 15 is 0 Å². The molecule has 8 heteroatoms. The number of aromatic nitrogens is 2. The van der Waals surface area contributed by atoms with Crippen LogP contribution in [0.3, 0.4) is 0 Å². The van der Waals surface area contributed by atoms with Gasteiger partial charge in [0.25, 0.3) is 0 Å². The van der Waals surface area contributed by atoms with Crippen molar-refractivity contribution < 1.29 is 4.74 Å². The lowest BCUT2D eigenvalue weighted by molar-refractivity contribution is 0.396. The van der Waals surface area contributed by atoms with E-state index in [1.54, 1.807) is 7.11 Å². The van der Waals surface area contributed by atoms with Gasteiger partial charge in [-0.15, -0.1) is 0 Å². The van der Waals surface area contributed by atoms with Crippen LogP contribution in [-0.2, 0) is 6.54 Å². The van der Waals surface area contributed by atoms with Crippen molar-refractivity contribution in [3.8, 4) is 5.88 Å². The molecule has 3 rings (SSSR count). The van der Waals surface area contributed by atoms with Crippen LogP contribution in [0.15, 0.2) is 30.3 Å². The van der Waals surface area contributed by atoms with Gasteiger partial charge in [0.1, 0.15) is 5.82 Å². The van der Waals surface area contributed by atoms with Crippen LogP contribution in [0.5, 0.6) is 5.88 Å². The Morgan fingerprint density at radius 2 is 2.11 bits per heavy atom. The molecule has 1 aliphatic rings. The number of ether oxygens (including phenoxy) is 1. The average Bonchev–Trinajstić information content (AvgIpc) is 2.67. The third-order valence-corrected chi connectivity index (χ3v) is 4.97. The van der Waals surface area contributed by atoms with Gasteiger partial charge in [0.2, 0.25) is 11.8 Å². The molecule has 0 bridgehead atoms. The van der Waals surface area contributed by atoms with Crippen LogP contribution >= 0.6 is 23.8 Å². The highest BCUT2D eigenvalue weighted by molar-refractivity contribution is 7.80. The molecule has 1 aromatic heterocycles. The van der Waals surface area contributed by atoms with Crippen LogP contribution < -0.4 is 20.3 Å². The van der Waals surface area contributed by atoms with Crippen LogP contribution in [0, 0.1) is 5.92 Å². The molecule has 2 N–H and O–H groups in total. The second-order valence-corrected chi connectivity index (χ2v) is 7.56. The summed E-state index contributed by atoms with van der Waals surface area (Å²) < 4.78 is 5.34. The van der Waals surface area contributed by atoms with Crippen molar-refractivity contribution in [2.24, 2.45) is 5.92 Å². The Bertz CT molecular complexity index is 786. The van der Waals surface area contributed by atoms with E-state index in [1.807, 2.05) is 30.3 Å². The van der Waals surface area contributed by atoms with E-state index in [4.69, 9.17) is 28.6 Å². The van der Waals surface area contributed by atoms with Crippen molar-refractivity contribution in [3.63, 3.8) is 0 Å². The summed E-state index contributed by atoms with van der Waals surface area (Å²) in [5.41, 5.74) is 1.08. The topological polar surface area (TPSA) is 62.3 Å². The molecule has 6 nitrogen and oxygen atoms in total. The fourth-order valence-corrected chi connectivity index (χ4v) is 3.35. The Kier molecular flexibility index (Phi) is 6.68. The molecule has 1 unspecified atom stereocenters. The molecule has 2 aromatic rings. The van der Waals surface area contributed by atoms with E-state index in [-0.39, 0.29) is 0 Å². The monoisotopic (exact) mass is 405 g/mol. The van der Waals surface area contributed by atoms with Crippen LogP contribution in [0.4, 0.5) is 11.8 Å². The number of benzene rings is 1. The lowest BCUT2D eigenvalue weighted by Crippen LogP contribution is -2.35. The molecule has 1 aromatic carbocycles. The summed E-state index contributed by atoms with van der Waals surface area (Å²) >= 11 is 11.3. The molecule has 2 heterocycles. The van der Waals surface area contributed by atoms with Gasteiger partial charge in [-0.1, -0.05) is 30.7 Å². The first-order valence-corrected chi connectivity index (χ1v) is 9.79. The lowest BCUT2D eigenvalue weighted by atomic mass is 10.0. The fraction of sp³-hybridized carbons (Fsp3) is 0.421. The number of thiocarbonyl (C=S) groups is 1. The van der Waals surface area contributed by atoms with Crippen molar-refractivity contribution in [2.45, 2.75) is 26.3 Å². The van der Waals surface area contributed by atoms with E-state index in [0.29, 0.717) is 34.4 Å². The molecule has 0 saturated carbocycles. The van der Waals surface area contributed by atoms with Crippen molar-refractivity contribution >= 4 is 40.7 Å². The molecule has 0 radical (unpaired) electrons. The first kappa shape index (κ1) is 19.6. The van der Waals surface area contributed by atoms with Crippen molar-refractivity contribution in [3.05, 3.63) is 40.9 Å². The van der Waals surface area contributed by atoms with Gasteiger partial charge in [0.05, 0.1) is 7.11 Å². The Labute approximate surface area is 170 Å². The number of hydrogen-bond acceptors (Lipinski definition) is 5. The average molecular weight is 406 g/mol. The minimum absolute atomic E-state index is 0.427. The normalized spacial score (nSPS) is 16.7. The van der Waals surface area contributed by atoms with Gasteiger partial charge >= 0.3 is 0 Å². The summed E-state index contributed by atoms with van der Waals surface area (Å²) in [7, 11) is 1.60. The molecule has 1 saturated heterocycles. The highest BCUT2D eigenvalue weighted by Crippen LogP contribution is 2.25. The van der Waals surface area contributed by atoms with Crippen LogP contribution in [0.2, 0.25) is 5.02 Å². The summed E-state index contributed by atoms with van der Waals surface area (Å²) in [5.74, 6) is 2.45. The summed E-state index contributed by atoms with van der Waals surface area (Å²) in [4.78, 5) is 11.3. The summed E-state index contributed by atoms with van der Waals surface area (Å²) in [6.45, 7) is 4.82. The highest BCUT2D eigenvalue weighted by atomic mass is 35.5. The zero-order chi connectivity index (χ0) is 19.2. The molecule has 0 spiro atoms. The molecule has 0 amide bonds. The zero-order valence-corrected chi connectivity index (χ0v) is 17.1. The van der Waals surface area contributed by atoms with Gasteiger partial charge < -0.3 is 20.3 Å². The Balaban J connectivity index is 1.65. The third-order valence-electron chi connectivity index (χ3n) is 4.47. The van der Waals surface area contributed by atoms with E-state index < -0.39 is 0 Å². The third kappa shape index (κ3) is 5.68. The van der Waals surface area contributed by atoms with Crippen LogP contribution in [0.1, 0.15) is 25.3 Å². The van der Waals surface area contributed by atoms with E-state index in [0.717, 1.165) is 30.9 Å². The minimum atomic E-state index is 0.427. The largest absolute Gasteiger partial charge is 0.481 e. The number of anilines is 2. The number of hydrogen-bond donors (Lipinski definition) is 2. The Morgan fingerprint density at radius 3 is 2.81 bits per heavy atom. The first-order chi connectivity index (χ1) is 13.0. The summed E-state index contributed by atoms with van der Waals surface area (Å²) in [6.07, 6.45) is 2.42. The van der Waals surface area contributed by atoms with Crippen molar-refractivity contribution in [2.75, 3.05) is 30.4 Å². The molecular weight excluding hydrogens is 382 g/mol. The molecule has 27 heavy (non-hydrogen) atoms. The minimum Gasteiger partial charge on any atom is -0.481 e. The van der Waals surface area contributed by atoms with Crippen LogP contribution in [0.25, 0.3) is 0 Å². The predicted octanol–water partition coefficient (Wildman–Crippen LogP) is 3.86. The quantitative estimate of drug-likeness (QED) is 0.732. The Hall–Kier alpha value is -2.12. The first-order valence-electron chi connectivity index (χ1n) is 9.01. The molecule has 1 fully saturated rings. The molecule has 1 aliphatic heterocycles. The van der Waals surface area contributed by atoms with Gasteiger partial charge in [-0.2, -0.15) is 9.97 Å². The molecule has 0 aliphatic carbocycles. The second kappa shape index (κ2) is 9.19. The fourth-order valence-electron chi connectivity index (χ4n) is 3.06. The number of nitrogens with one attached hydrogen (secondary N) is 2. The smallest absolute Gasteiger partial charge is 0.234 e. The number of nitrogens with zero attached hydrogens (tertiary/aromatic N) is 3. The van der Waals surface area contributed by atoms with Crippen molar-refractivity contribution in [1.82, 2.24) is 15.3 Å². The second-order valence-electron chi connectivity index (χ2n) is 6.72. The van der Waals surface area contributed by atoms with Gasteiger partial charge in [0, 0.05) is 30.7 Å². The number of piperidine rings is 1. The predicted molar refractivity (Wildman–Crippen MR) is 114 cm³/mol. The maximum absolute atomic E-state index is 5.91. The molecule has 144 valence electrons. The number of methoxy groups -OCH3 is 1. The van der Waals surface area contributed by atoms with Crippen molar-refractivity contribution in [1.29, 1.82) is 0 Å². The van der Waals surface area contributed by atoms with Gasteiger partial charge in [-0.3, -0.25) is 0 Å². The SMILES string of the molecule is COc1cc(N2CCCC(C)C2)nc(NC(=S)NCc2ccc(Cl)cc2)n1. The number of halogens is 1. The molecule has 1 atom stereocenters. The van der Waals surface area contributed by atoms with E-state index in [1.165, 1.54) is 6.42 Å². The van der Waals surface area contributed by atoms with Gasteiger partial charge in [-0.25, -0.2) is 0 Å². The zero-order valence-electron chi connectivity index (χ0n) is 15.5. The molecular formula is C19H24ClN5OS. The van der Waals surface area contributed by atoms with Gasteiger partial charge in [0.15, 0.2) is 5.11 Å².